The molecule has 1 aliphatic carbocycles. The van der Waals surface area contributed by atoms with Crippen LogP contribution in [0.4, 0.5) is 11.4 Å². The second-order valence-electron chi connectivity index (χ2n) is 6.40. The Morgan fingerprint density at radius 2 is 1.95 bits per heavy atom. The number of nitrogens with two attached hydrogens (primary N) is 4. The van der Waals surface area contributed by atoms with Gasteiger partial charge in [-0.2, -0.15) is 0 Å². The fraction of sp³-hybridized carbons (Fsp3) is 0.600. The van der Waals surface area contributed by atoms with Crippen molar-refractivity contribution in [1.29, 1.82) is 0 Å². The normalized spacial score (nSPS) is 32.0. The fourth-order valence-electron chi connectivity index (χ4n) is 3.61. The van der Waals surface area contributed by atoms with Crippen molar-refractivity contribution in [3.05, 3.63) is 23.3 Å². The Labute approximate surface area is 119 Å². The van der Waals surface area contributed by atoms with Gasteiger partial charge in [0.25, 0.3) is 0 Å². The largest absolute Gasteiger partial charge is 0.397 e. The highest BCUT2D eigenvalue weighted by molar-refractivity contribution is 5.72. The maximum absolute atomic E-state index is 6.43. The molecule has 110 valence electrons. The van der Waals surface area contributed by atoms with E-state index in [4.69, 9.17) is 27.7 Å². The van der Waals surface area contributed by atoms with Crippen molar-refractivity contribution in [2.45, 2.75) is 38.0 Å². The summed E-state index contributed by atoms with van der Waals surface area (Å²) in [6.45, 7) is 2.99. The monoisotopic (exact) mass is 276 g/mol. The molecule has 1 fully saturated rings. The van der Waals surface area contributed by atoms with Crippen LogP contribution in [0.5, 0.6) is 0 Å². The van der Waals surface area contributed by atoms with Crippen LogP contribution in [-0.4, -0.2) is 12.7 Å². The molecular formula is C15H24N4O. The first-order valence-corrected chi connectivity index (χ1v) is 7.28. The molecular weight excluding hydrogens is 252 g/mol. The second kappa shape index (κ2) is 4.62. The van der Waals surface area contributed by atoms with E-state index in [1.165, 1.54) is 0 Å². The van der Waals surface area contributed by atoms with Crippen molar-refractivity contribution in [3.8, 4) is 0 Å². The van der Waals surface area contributed by atoms with Gasteiger partial charge in [0, 0.05) is 18.1 Å². The lowest BCUT2D eigenvalue weighted by atomic mass is 9.84. The topological polar surface area (TPSA) is 113 Å². The molecule has 3 unspecified atom stereocenters. The van der Waals surface area contributed by atoms with E-state index < -0.39 is 5.66 Å². The predicted molar refractivity (Wildman–Crippen MR) is 80.7 cm³/mol. The van der Waals surface area contributed by atoms with Gasteiger partial charge in [-0.25, -0.2) is 0 Å². The van der Waals surface area contributed by atoms with Crippen LogP contribution in [0.2, 0.25) is 0 Å². The molecule has 5 nitrogen and oxygen atoms in total. The van der Waals surface area contributed by atoms with Crippen LogP contribution in [0.15, 0.2) is 12.1 Å². The summed E-state index contributed by atoms with van der Waals surface area (Å²) in [6, 6.07) is 3.82. The van der Waals surface area contributed by atoms with Crippen LogP contribution >= 0.6 is 0 Å². The SMILES string of the molecule is CC1CCC(C2Cc3ccc(N)c(N)c3C2(N)N)OC1. The number of rotatable bonds is 1. The summed E-state index contributed by atoms with van der Waals surface area (Å²) in [5.74, 6) is 0.676. The number of hydrogen-bond donors (Lipinski definition) is 4. The van der Waals surface area contributed by atoms with E-state index in [1.807, 2.05) is 12.1 Å². The molecule has 0 radical (unpaired) electrons. The lowest BCUT2D eigenvalue weighted by molar-refractivity contribution is -0.0588. The first kappa shape index (κ1) is 13.7. The zero-order chi connectivity index (χ0) is 14.5. The number of benzene rings is 1. The molecule has 3 atom stereocenters. The number of anilines is 2. The van der Waals surface area contributed by atoms with E-state index in [9.17, 15) is 0 Å². The van der Waals surface area contributed by atoms with Crippen LogP contribution < -0.4 is 22.9 Å². The Bertz CT molecular complexity index is 521. The Morgan fingerprint density at radius 1 is 1.20 bits per heavy atom. The van der Waals surface area contributed by atoms with E-state index in [0.717, 1.165) is 37.0 Å². The zero-order valence-corrected chi connectivity index (χ0v) is 11.9. The molecule has 1 aliphatic heterocycles. The lowest BCUT2D eigenvalue weighted by Crippen LogP contribution is -2.55. The molecule has 0 amide bonds. The molecule has 0 spiro atoms. The van der Waals surface area contributed by atoms with Gasteiger partial charge in [0.1, 0.15) is 0 Å². The van der Waals surface area contributed by atoms with Crippen molar-refractivity contribution in [2.24, 2.45) is 23.3 Å². The lowest BCUT2D eigenvalue weighted by Gasteiger charge is -2.38. The van der Waals surface area contributed by atoms with Crippen molar-refractivity contribution >= 4 is 11.4 Å². The van der Waals surface area contributed by atoms with E-state index in [2.05, 4.69) is 6.92 Å². The van der Waals surface area contributed by atoms with Gasteiger partial charge in [0.15, 0.2) is 0 Å². The highest BCUT2D eigenvalue weighted by Crippen LogP contribution is 2.45. The molecule has 8 N–H and O–H groups in total. The van der Waals surface area contributed by atoms with E-state index >= 15 is 0 Å². The molecule has 2 aliphatic rings. The summed E-state index contributed by atoms with van der Waals surface area (Å²) < 4.78 is 5.98. The van der Waals surface area contributed by atoms with Crippen molar-refractivity contribution in [1.82, 2.24) is 0 Å². The summed E-state index contributed by atoms with van der Waals surface area (Å²) in [4.78, 5) is 0. The highest BCUT2D eigenvalue weighted by Gasteiger charge is 2.47. The maximum atomic E-state index is 6.43. The van der Waals surface area contributed by atoms with E-state index in [1.54, 1.807) is 0 Å². The minimum Gasteiger partial charge on any atom is -0.397 e. The summed E-state index contributed by atoms with van der Waals surface area (Å²) in [7, 11) is 0. The average Bonchev–Trinajstić information content (AvgIpc) is 2.67. The van der Waals surface area contributed by atoms with Gasteiger partial charge >= 0.3 is 0 Å². The summed E-state index contributed by atoms with van der Waals surface area (Å²) in [5, 5.41) is 0. The van der Waals surface area contributed by atoms with Gasteiger partial charge in [-0.05, 0) is 36.8 Å². The summed E-state index contributed by atoms with van der Waals surface area (Å²) in [5.41, 5.74) is 26.9. The van der Waals surface area contributed by atoms with Gasteiger partial charge in [-0.15, -0.1) is 0 Å². The number of nitrogen functional groups attached to an aromatic ring is 2. The van der Waals surface area contributed by atoms with Crippen LogP contribution in [0.1, 0.15) is 30.9 Å². The standard InChI is InChI=1S/C15H24N4O/c1-8-2-5-12(20-7-8)10-6-9-3-4-11(16)14(17)13(9)15(10,18)19/h3-4,8,10,12H,2,5-7,16-19H2,1H3. The molecule has 1 aromatic carbocycles. The third-order valence-corrected chi connectivity index (χ3v) is 4.84. The molecule has 0 aromatic heterocycles. The van der Waals surface area contributed by atoms with Crippen molar-refractivity contribution in [3.63, 3.8) is 0 Å². The number of hydrogen-bond acceptors (Lipinski definition) is 5. The van der Waals surface area contributed by atoms with Crippen molar-refractivity contribution in [2.75, 3.05) is 18.1 Å². The van der Waals surface area contributed by atoms with E-state index in [0.29, 0.717) is 17.3 Å². The van der Waals surface area contributed by atoms with Gasteiger partial charge in [0.05, 0.1) is 23.1 Å². The quantitative estimate of drug-likeness (QED) is 0.450. The second-order valence-corrected chi connectivity index (χ2v) is 6.40. The molecule has 3 rings (SSSR count). The Hall–Kier alpha value is -1.30. The average molecular weight is 276 g/mol. The van der Waals surface area contributed by atoms with Crippen LogP contribution in [-0.2, 0) is 16.8 Å². The van der Waals surface area contributed by atoms with E-state index in [-0.39, 0.29) is 12.0 Å². The zero-order valence-electron chi connectivity index (χ0n) is 11.9. The summed E-state index contributed by atoms with van der Waals surface area (Å²) in [6.07, 6.45) is 3.08. The fourth-order valence-corrected chi connectivity index (χ4v) is 3.61. The Morgan fingerprint density at radius 3 is 2.60 bits per heavy atom. The molecule has 1 aromatic rings. The molecule has 20 heavy (non-hydrogen) atoms. The number of ether oxygens (including phenoxy) is 1. The third kappa shape index (κ3) is 1.97. The molecule has 0 saturated carbocycles. The van der Waals surface area contributed by atoms with Crippen LogP contribution in [0.25, 0.3) is 0 Å². The van der Waals surface area contributed by atoms with Crippen LogP contribution in [0, 0.1) is 11.8 Å². The molecule has 1 heterocycles. The minimum atomic E-state index is -0.958. The molecule has 1 saturated heterocycles. The van der Waals surface area contributed by atoms with Gasteiger partial charge < -0.3 is 27.7 Å². The highest BCUT2D eigenvalue weighted by atomic mass is 16.5. The predicted octanol–water partition coefficient (Wildman–Crippen LogP) is 0.909. The number of fused-ring (bicyclic) bond motifs is 1. The smallest absolute Gasteiger partial charge is 0.0980 e. The Kier molecular flexibility index (Phi) is 3.16. The first-order chi connectivity index (χ1) is 9.41. The first-order valence-electron chi connectivity index (χ1n) is 7.28. The maximum Gasteiger partial charge on any atom is 0.0980 e. The summed E-state index contributed by atoms with van der Waals surface area (Å²) >= 11 is 0. The molecule has 0 bridgehead atoms. The molecule has 5 heteroatoms. The Balaban J connectivity index is 1.92. The van der Waals surface area contributed by atoms with Crippen LogP contribution in [0.3, 0.4) is 0 Å². The van der Waals surface area contributed by atoms with Gasteiger partial charge in [0.2, 0.25) is 0 Å². The van der Waals surface area contributed by atoms with Crippen molar-refractivity contribution < 1.29 is 4.74 Å². The minimum absolute atomic E-state index is 0.0640. The van der Waals surface area contributed by atoms with Gasteiger partial charge in [-0.3, -0.25) is 0 Å². The van der Waals surface area contributed by atoms with Gasteiger partial charge in [-0.1, -0.05) is 13.0 Å². The third-order valence-electron chi connectivity index (χ3n) is 4.84.